The van der Waals surface area contributed by atoms with Crippen molar-refractivity contribution in [1.29, 1.82) is 0 Å². The van der Waals surface area contributed by atoms with Crippen molar-refractivity contribution >= 4 is 11.8 Å². The highest BCUT2D eigenvalue weighted by Gasteiger charge is 2.68. The van der Waals surface area contributed by atoms with E-state index in [4.69, 9.17) is 4.74 Å². The number of aromatic nitrogens is 1. The third kappa shape index (κ3) is 2.32. The van der Waals surface area contributed by atoms with Crippen LogP contribution in [0.1, 0.15) is 32.0 Å². The van der Waals surface area contributed by atoms with Gasteiger partial charge in [-0.25, -0.2) is 0 Å². The van der Waals surface area contributed by atoms with Crippen molar-refractivity contribution in [3.05, 3.63) is 41.7 Å². The van der Waals surface area contributed by atoms with Crippen LogP contribution in [0.2, 0.25) is 0 Å². The van der Waals surface area contributed by atoms with Gasteiger partial charge < -0.3 is 14.5 Å². The second-order valence-electron chi connectivity index (χ2n) is 9.11. The normalized spacial score (nSPS) is 34.2. The van der Waals surface area contributed by atoms with Crippen LogP contribution >= 0.6 is 0 Å². The number of hydrogen-bond donors (Lipinski definition) is 0. The predicted molar refractivity (Wildman–Crippen MR) is 98.5 cm³/mol. The highest BCUT2D eigenvalue weighted by Crippen LogP contribution is 2.53. The molecule has 4 aliphatic rings. The van der Waals surface area contributed by atoms with Gasteiger partial charge in [0.1, 0.15) is 5.60 Å². The van der Waals surface area contributed by atoms with E-state index in [-0.39, 0.29) is 23.5 Å². The van der Waals surface area contributed by atoms with E-state index in [0.29, 0.717) is 19.6 Å². The molecule has 0 aliphatic carbocycles. The van der Waals surface area contributed by atoms with Crippen molar-refractivity contribution in [1.82, 2.24) is 14.8 Å². The number of amides is 2. The number of rotatable bonds is 1. The first kappa shape index (κ1) is 16.9. The zero-order chi connectivity index (χ0) is 19.0. The van der Waals surface area contributed by atoms with E-state index < -0.39 is 17.4 Å². The Morgan fingerprint density at radius 1 is 1.37 bits per heavy atom. The number of carbonyl (C=O) groups excluding carboxylic acids is 2. The van der Waals surface area contributed by atoms with Crippen molar-refractivity contribution in [3.63, 3.8) is 0 Å². The third-order valence-electron chi connectivity index (χ3n) is 6.47. The van der Waals surface area contributed by atoms with Gasteiger partial charge in [-0.05, 0) is 32.4 Å². The molecule has 27 heavy (non-hydrogen) atoms. The van der Waals surface area contributed by atoms with Crippen molar-refractivity contribution in [2.45, 2.75) is 51.0 Å². The maximum Gasteiger partial charge on any atom is 0.230 e. The number of likely N-dealkylation sites (tertiary alicyclic amines) is 1. The van der Waals surface area contributed by atoms with Crippen LogP contribution in [0.4, 0.5) is 0 Å². The topological polar surface area (TPSA) is 62.7 Å². The van der Waals surface area contributed by atoms with Gasteiger partial charge in [-0.3, -0.25) is 14.6 Å². The van der Waals surface area contributed by atoms with Gasteiger partial charge in [0.25, 0.3) is 0 Å². The Bertz CT molecular complexity index is 858. The predicted octanol–water partition coefficient (Wildman–Crippen LogP) is 1.55. The molecule has 1 aromatic heterocycles. The van der Waals surface area contributed by atoms with Crippen LogP contribution in [0.3, 0.4) is 0 Å². The largest absolute Gasteiger partial charge is 0.360 e. The van der Waals surface area contributed by atoms with Crippen molar-refractivity contribution in [3.8, 4) is 0 Å². The molecule has 5 rings (SSSR count). The van der Waals surface area contributed by atoms with E-state index in [2.05, 4.69) is 4.98 Å². The molecule has 142 valence electrons. The van der Waals surface area contributed by atoms with E-state index in [1.807, 2.05) is 54.9 Å². The zero-order valence-electron chi connectivity index (χ0n) is 16.0. The van der Waals surface area contributed by atoms with Gasteiger partial charge in [0.05, 0.1) is 24.5 Å². The molecule has 1 spiro atoms. The molecular formula is C21H25N3O3. The quantitative estimate of drug-likeness (QED) is 0.707. The number of pyridine rings is 1. The summed E-state index contributed by atoms with van der Waals surface area (Å²) in [4.78, 5) is 34.9. The first-order valence-corrected chi connectivity index (χ1v) is 9.70. The van der Waals surface area contributed by atoms with Crippen molar-refractivity contribution in [2.75, 3.05) is 13.1 Å². The molecule has 2 fully saturated rings. The first-order chi connectivity index (χ1) is 12.8. The van der Waals surface area contributed by atoms with Crippen LogP contribution in [0.15, 0.2) is 30.5 Å². The molecule has 4 aliphatic heterocycles. The summed E-state index contributed by atoms with van der Waals surface area (Å²) in [6.45, 7) is 7.83. The Morgan fingerprint density at radius 2 is 2.19 bits per heavy atom. The van der Waals surface area contributed by atoms with Gasteiger partial charge in [0.2, 0.25) is 11.8 Å². The second-order valence-corrected chi connectivity index (χ2v) is 9.11. The molecule has 4 atom stereocenters. The summed E-state index contributed by atoms with van der Waals surface area (Å²) in [5.74, 6) is -0.746. The van der Waals surface area contributed by atoms with Crippen LogP contribution in [-0.4, -0.2) is 56.9 Å². The number of nitrogens with zero attached hydrogens (tertiary/aromatic N) is 3. The van der Waals surface area contributed by atoms with E-state index in [1.165, 1.54) is 0 Å². The summed E-state index contributed by atoms with van der Waals surface area (Å²) in [5.41, 5.74) is 1.25. The zero-order valence-corrected chi connectivity index (χ0v) is 16.0. The molecule has 6 heteroatoms. The van der Waals surface area contributed by atoms with Gasteiger partial charge in [-0.2, -0.15) is 0 Å². The lowest BCUT2D eigenvalue weighted by atomic mass is 9.76. The number of fused-ring (bicyclic) bond motifs is 2. The van der Waals surface area contributed by atoms with Gasteiger partial charge >= 0.3 is 0 Å². The standard InChI is InChI=1S/C21H25N3O3/c1-20(2,3)24-12-21-8-6-15(27-21)16(17(21)19(24)26)18(25)23-10-7-14-13(11-23)5-4-9-22-14/h4-6,8-9,15-17H,7,10-12H2,1-3H3/t15-,16?,17?,21-/m1/s1. The molecule has 0 saturated carbocycles. The van der Waals surface area contributed by atoms with E-state index in [1.54, 1.807) is 6.20 Å². The number of ether oxygens (including phenoxy) is 1. The lowest BCUT2D eigenvalue weighted by Gasteiger charge is -2.35. The van der Waals surface area contributed by atoms with Crippen LogP contribution in [-0.2, 0) is 27.3 Å². The molecular weight excluding hydrogens is 342 g/mol. The van der Waals surface area contributed by atoms with Gasteiger partial charge in [-0.1, -0.05) is 18.2 Å². The summed E-state index contributed by atoms with van der Waals surface area (Å²) in [6, 6.07) is 3.94. The molecule has 2 amide bonds. The minimum atomic E-state index is -0.634. The van der Waals surface area contributed by atoms with Gasteiger partial charge in [0, 0.05) is 36.9 Å². The third-order valence-corrected chi connectivity index (χ3v) is 6.47. The van der Waals surface area contributed by atoms with Crippen LogP contribution in [0.25, 0.3) is 0 Å². The molecule has 0 radical (unpaired) electrons. The monoisotopic (exact) mass is 367 g/mol. The van der Waals surface area contributed by atoms with E-state index >= 15 is 0 Å². The molecule has 2 saturated heterocycles. The van der Waals surface area contributed by atoms with Crippen molar-refractivity contribution in [2.24, 2.45) is 11.8 Å². The lowest BCUT2D eigenvalue weighted by Crippen LogP contribution is -2.48. The molecule has 2 unspecified atom stereocenters. The average Bonchev–Trinajstić information content (AvgIpc) is 3.28. The molecule has 6 nitrogen and oxygen atoms in total. The number of carbonyl (C=O) groups is 2. The van der Waals surface area contributed by atoms with E-state index in [9.17, 15) is 9.59 Å². The fourth-order valence-corrected chi connectivity index (χ4v) is 5.11. The fraction of sp³-hybridized carbons (Fsp3) is 0.571. The Labute approximate surface area is 159 Å². The van der Waals surface area contributed by atoms with Gasteiger partial charge in [-0.15, -0.1) is 0 Å². The average molecular weight is 367 g/mol. The Kier molecular flexibility index (Phi) is 3.39. The van der Waals surface area contributed by atoms with Crippen LogP contribution < -0.4 is 0 Å². The molecule has 2 bridgehead atoms. The molecule has 1 aromatic rings. The fourth-order valence-electron chi connectivity index (χ4n) is 5.11. The van der Waals surface area contributed by atoms with E-state index in [0.717, 1.165) is 17.7 Å². The Balaban J connectivity index is 1.44. The minimum Gasteiger partial charge on any atom is -0.360 e. The molecule has 0 aromatic carbocycles. The van der Waals surface area contributed by atoms with Gasteiger partial charge in [0.15, 0.2) is 0 Å². The lowest BCUT2D eigenvalue weighted by molar-refractivity contribution is -0.145. The summed E-state index contributed by atoms with van der Waals surface area (Å²) in [5, 5.41) is 0. The van der Waals surface area contributed by atoms with Crippen LogP contribution in [0.5, 0.6) is 0 Å². The maximum atomic E-state index is 13.5. The smallest absolute Gasteiger partial charge is 0.230 e. The minimum absolute atomic E-state index is 0.0369. The second kappa shape index (κ2) is 5.41. The van der Waals surface area contributed by atoms with Crippen LogP contribution in [0, 0.1) is 11.8 Å². The molecule has 5 heterocycles. The Hall–Kier alpha value is -2.21. The molecule has 0 N–H and O–H groups in total. The summed E-state index contributed by atoms with van der Waals surface area (Å²) >= 11 is 0. The summed E-state index contributed by atoms with van der Waals surface area (Å²) in [6.07, 6.45) is 6.27. The number of hydrogen-bond acceptors (Lipinski definition) is 4. The summed E-state index contributed by atoms with van der Waals surface area (Å²) < 4.78 is 6.24. The Morgan fingerprint density at radius 3 is 2.96 bits per heavy atom. The van der Waals surface area contributed by atoms with Crippen molar-refractivity contribution < 1.29 is 14.3 Å². The highest BCUT2D eigenvalue weighted by atomic mass is 16.5. The SMILES string of the molecule is CC(C)(C)N1C[C@@]23C=C[C@@H](O2)C(C(=O)N2CCc4ncccc4C2)C3C1=O. The highest BCUT2D eigenvalue weighted by molar-refractivity contribution is 5.93. The summed E-state index contributed by atoms with van der Waals surface area (Å²) in [7, 11) is 0. The first-order valence-electron chi connectivity index (χ1n) is 9.70. The maximum absolute atomic E-state index is 13.5.